The molecule has 1 aliphatic heterocycles. The van der Waals surface area contributed by atoms with Gasteiger partial charge in [0, 0.05) is 49.6 Å². The average molecular weight is 546 g/mol. The van der Waals surface area contributed by atoms with Gasteiger partial charge in [0.05, 0.1) is 18.3 Å². The molecule has 0 spiro atoms. The smallest absolute Gasteiger partial charge is 0.366 e. The van der Waals surface area contributed by atoms with Crippen molar-refractivity contribution in [1.29, 1.82) is 5.26 Å². The molecule has 0 unspecified atom stereocenters. The number of rotatable bonds is 7. The van der Waals surface area contributed by atoms with Gasteiger partial charge in [-0.05, 0) is 23.5 Å². The molecule has 2 aromatic heterocycles. The van der Waals surface area contributed by atoms with Gasteiger partial charge in [0.25, 0.3) is 0 Å². The van der Waals surface area contributed by atoms with Crippen LogP contribution in [-0.4, -0.2) is 37.5 Å². The fraction of sp³-hybridized carbons (Fsp3) is 0.333. The Hall–Kier alpha value is -4.23. The van der Waals surface area contributed by atoms with Crippen LogP contribution in [0.2, 0.25) is 0 Å². The van der Waals surface area contributed by atoms with Crippen LogP contribution in [0.1, 0.15) is 47.8 Å². The van der Waals surface area contributed by atoms with Gasteiger partial charge in [-0.3, -0.25) is 4.90 Å². The summed E-state index contributed by atoms with van der Waals surface area (Å²) < 4.78 is 40.7. The first-order valence-corrected chi connectivity index (χ1v) is 13.2. The van der Waals surface area contributed by atoms with Crippen molar-refractivity contribution < 1.29 is 13.2 Å². The van der Waals surface area contributed by atoms with E-state index in [-0.39, 0.29) is 5.82 Å². The largest absolute Gasteiger partial charge is 0.434 e. The number of benzene rings is 2. The topological polar surface area (TPSA) is 82.7 Å². The van der Waals surface area contributed by atoms with Crippen molar-refractivity contribution in [3.05, 3.63) is 82.8 Å². The maximum absolute atomic E-state index is 13.1. The van der Waals surface area contributed by atoms with E-state index in [1.54, 1.807) is 19.2 Å². The minimum absolute atomic E-state index is 0.257. The summed E-state index contributed by atoms with van der Waals surface area (Å²) in [5.74, 6) is 1.96. The van der Waals surface area contributed by atoms with Crippen LogP contribution in [-0.2, 0) is 32.7 Å². The molecule has 3 heterocycles. The summed E-state index contributed by atoms with van der Waals surface area (Å²) in [4.78, 5) is 15.8. The van der Waals surface area contributed by atoms with E-state index in [0.717, 1.165) is 52.9 Å². The summed E-state index contributed by atoms with van der Waals surface area (Å²) in [5, 5.41) is 12.7. The minimum atomic E-state index is -4.49. The molecule has 2 aromatic carbocycles. The molecule has 0 radical (unpaired) electrons. The first-order chi connectivity index (χ1) is 19.1. The number of nitriles is 1. The van der Waals surface area contributed by atoms with Crippen LogP contribution in [0.4, 0.5) is 19.0 Å². The molecular formula is C30H30F3N7. The number of nitrogens with zero attached hydrogens (tertiary/aromatic N) is 6. The third kappa shape index (κ3) is 5.70. The van der Waals surface area contributed by atoms with E-state index in [9.17, 15) is 18.4 Å². The Balaban J connectivity index is 1.43. The fourth-order valence-corrected chi connectivity index (χ4v) is 5.02. The van der Waals surface area contributed by atoms with Crippen molar-refractivity contribution in [2.75, 3.05) is 18.4 Å². The second kappa shape index (κ2) is 11.1. The van der Waals surface area contributed by atoms with Crippen LogP contribution in [0, 0.1) is 11.3 Å². The third-order valence-corrected chi connectivity index (χ3v) is 7.10. The number of nitrogens with one attached hydrogen (secondary N) is 1. The van der Waals surface area contributed by atoms with Crippen molar-refractivity contribution in [2.45, 2.75) is 45.5 Å². The number of halogens is 3. The van der Waals surface area contributed by atoms with Crippen molar-refractivity contribution >= 4 is 5.82 Å². The Labute approximate surface area is 231 Å². The molecule has 0 atom stereocenters. The highest BCUT2D eigenvalue weighted by atomic mass is 19.4. The molecule has 0 saturated carbocycles. The van der Waals surface area contributed by atoms with Crippen LogP contribution in [0.5, 0.6) is 0 Å². The standard InChI is InChI=1S/C30H30F3N7/c1-19(2)22-6-4-5-7-23(22)28-36-25-17-40(15-13-34)14-12-24(25)27(38-28)35-16-20-8-10-21(11-9-20)29-37-26(18-39(29)3)30(31,32)33/h4-11,18-19H,12,14-17H2,1-3H3,(H,35,36,38). The normalized spacial score (nSPS) is 13.8. The zero-order valence-corrected chi connectivity index (χ0v) is 22.6. The van der Waals surface area contributed by atoms with Crippen molar-refractivity contribution in [2.24, 2.45) is 7.05 Å². The molecule has 1 N–H and O–H groups in total. The molecule has 0 saturated heterocycles. The average Bonchev–Trinajstić information content (AvgIpc) is 3.34. The van der Waals surface area contributed by atoms with Gasteiger partial charge in [0.15, 0.2) is 11.5 Å². The van der Waals surface area contributed by atoms with Gasteiger partial charge in [-0.1, -0.05) is 62.4 Å². The highest BCUT2D eigenvalue weighted by Gasteiger charge is 2.34. The number of fused-ring (bicyclic) bond motifs is 1. The van der Waals surface area contributed by atoms with Crippen LogP contribution in [0.3, 0.4) is 0 Å². The van der Waals surface area contributed by atoms with E-state index in [2.05, 4.69) is 41.2 Å². The van der Waals surface area contributed by atoms with E-state index in [0.29, 0.717) is 36.9 Å². The van der Waals surface area contributed by atoms with Gasteiger partial charge in [0.2, 0.25) is 0 Å². The lowest BCUT2D eigenvalue weighted by Crippen LogP contribution is -2.32. The van der Waals surface area contributed by atoms with Crippen molar-refractivity contribution in [3.63, 3.8) is 0 Å². The quantitative estimate of drug-likeness (QED) is 0.279. The Bertz CT molecular complexity index is 1550. The lowest BCUT2D eigenvalue weighted by Gasteiger charge is -2.28. The monoisotopic (exact) mass is 545 g/mol. The van der Waals surface area contributed by atoms with Gasteiger partial charge in [-0.25, -0.2) is 15.0 Å². The molecule has 5 rings (SSSR count). The number of aromatic nitrogens is 4. The summed E-state index contributed by atoms with van der Waals surface area (Å²) >= 11 is 0. The molecule has 206 valence electrons. The van der Waals surface area contributed by atoms with E-state index in [1.165, 1.54) is 4.57 Å². The molecule has 40 heavy (non-hydrogen) atoms. The zero-order chi connectivity index (χ0) is 28.4. The van der Waals surface area contributed by atoms with E-state index in [1.807, 2.05) is 30.3 Å². The van der Waals surface area contributed by atoms with Gasteiger partial charge in [-0.15, -0.1) is 0 Å². The highest BCUT2D eigenvalue weighted by molar-refractivity contribution is 5.65. The summed E-state index contributed by atoms with van der Waals surface area (Å²) in [5.41, 5.74) is 4.75. The van der Waals surface area contributed by atoms with E-state index in [4.69, 9.17) is 9.97 Å². The van der Waals surface area contributed by atoms with E-state index < -0.39 is 11.9 Å². The Morgan fingerprint density at radius 3 is 2.48 bits per heavy atom. The lowest BCUT2D eigenvalue weighted by atomic mass is 9.96. The molecule has 0 fully saturated rings. The SMILES string of the molecule is CC(C)c1ccccc1-c1nc2c(c(NCc3ccc(-c4nc(C(F)(F)F)cn4C)cc3)n1)CCN(CC#N)C2. The van der Waals surface area contributed by atoms with Crippen molar-refractivity contribution in [1.82, 2.24) is 24.4 Å². The summed E-state index contributed by atoms with van der Waals surface area (Å²) in [6.07, 6.45) is -2.77. The second-order valence-electron chi connectivity index (χ2n) is 10.3. The molecular weight excluding hydrogens is 515 g/mol. The Kier molecular flexibility index (Phi) is 7.59. The molecule has 0 amide bonds. The van der Waals surface area contributed by atoms with Gasteiger partial charge >= 0.3 is 6.18 Å². The molecule has 7 nitrogen and oxygen atoms in total. The molecule has 10 heteroatoms. The van der Waals surface area contributed by atoms with Crippen LogP contribution in [0.15, 0.2) is 54.7 Å². The molecule has 0 aliphatic carbocycles. The van der Waals surface area contributed by atoms with Crippen molar-refractivity contribution in [3.8, 4) is 28.8 Å². The summed E-state index contributed by atoms with van der Waals surface area (Å²) in [6.45, 7) is 6.43. The number of anilines is 1. The maximum atomic E-state index is 13.1. The fourth-order valence-electron chi connectivity index (χ4n) is 5.02. The highest BCUT2D eigenvalue weighted by Crippen LogP contribution is 2.33. The molecule has 4 aromatic rings. The predicted molar refractivity (Wildman–Crippen MR) is 147 cm³/mol. The lowest BCUT2D eigenvalue weighted by molar-refractivity contribution is -0.140. The van der Waals surface area contributed by atoms with Gasteiger partial charge < -0.3 is 9.88 Å². The first kappa shape index (κ1) is 27.3. The number of imidazole rings is 1. The van der Waals surface area contributed by atoms with E-state index >= 15 is 0 Å². The summed E-state index contributed by atoms with van der Waals surface area (Å²) in [7, 11) is 1.55. The minimum Gasteiger partial charge on any atom is -0.366 e. The maximum Gasteiger partial charge on any atom is 0.434 e. The van der Waals surface area contributed by atoms with Crippen LogP contribution in [0.25, 0.3) is 22.8 Å². The number of aryl methyl sites for hydroxylation is 1. The van der Waals surface area contributed by atoms with Crippen LogP contribution < -0.4 is 5.32 Å². The second-order valence-corrected chi connectivity index (χ2v) is 10.3. The number of alkyl halides is 3. The van der Waals surface area contributed by atoms with Crippen LogP contribution >= 0.6 is 0 Å². The Morgan fingerprint density at radius 2 is 1.80 bits per heavy atom. The molecule has 0 bridgehead atoms. The number of hydrogen-bond donors (Lipinski definition) is 1. The molecule has 1 aliphatic rings. The zero-order valence-electron chi connectivity index (χ0n) is 22.6. The third-order valence-electron chi connectivity index (χ3n) is 7.10. The van der Waals surface area contributed by atoms with Gasteiger partial charge in [-0.2, -0.15) is 18.4 Å². The first-order valence-electron chi connectivity index (χ1n) is 13.2. The predicted octanol–water partition coefficient (Wildman–Crippen LogP) is 6.18. The summed E-state index contributed by atoms with van der Waals surface area (Å²) in [6, 6.07) is 17.7. The number of hydrogen-bond acceptors (Lipinski definition) is 6. The van der Waals surface area contributed by atoms with Gasteiger partial charge in [0.1, 0.15) is 11.6 Å². The Morgan fingerprint density at radius 1 is 1.05 bits per heavy atom.